The SMILES string of the molecule is CCC(C)SC(CN)C1CCCC1. The van der Waals surface area contributed by atoms with Gasteiger partial charge in [-0.15, -0.1) is 0 Å². The van der Waals surface area contributed by atoms with Crippen molar-refractivity contribution in [2.45, 2.75) is 56.5 Å². The quantitative estimate of drug-likeness (QED) is 0.740. The maximum Gasteiger partial charge on any atom is 0.0201 e. The third-order valence-corrected chi connectivity index (χ3v) is 4.86. The highest BCUT2D eigenvalue weighted by Gasteiger charge is 2.25. The Bertz CT molecular complexity index is 132. The van der Waals surface area contributed by atoms with Gasteiger partial charge < -0.3 is 5.73 Å². The molecule has 0 radical (unpaired) electrons. The van der Waals surface area contributed by atoms with Gasteiger partial charge in [-0.3, -0.25) is 0 Å². The molecule has 1 aliphatic rings. The molecule has 0 spiro atoms. The van der Waals surface area contributed by atoms with Gasteiger partial charge in [-0.05, 0) is 25.2 Å². The third kappa shape index (κ3) is 3.51. The van der Waals surface area contributed by atoms with Crippen molar-refractivity contribution in [3.05, 3.63) is 0 Å². The van der Waals surface area contributed by atoms with Gasteiger partial charge >= 0.3 is 0 Å². The second-order valence-electron chi connectivity index (χ2n) is 4.17. The van der Waals surface area contributed by atoms with Crippen LogP contribution in [-0.2, 0) is 0 Å². The molecule has 2 N–H and O–H groups in total. The Balaban J connectivity index is 2.32. The number of hydrogen-bond acceptors (Lipinski definition) is 2. The van der Waals surface area contributed by atoms with Crippen molar-refractivity contribution in [2.24, 2.45) is 11.7 Å². The van der Waals surface area contributed by atoms with Crippen molar-refractivity contribution in [3.8, 4) is 0 Å². The molecule has 13 heavy (non-hydrogen) atoms. The van der Waals surface area contributed by atoms with Crippen LogP contribution in [0.15, 0.2) is 0 Å². The van der Waals surface area contributed by atoms with Gasteiger partial charge in [0, 0.05) is 17.0 Å². The van der Waals surface area contributed by atoms with E-state index in [4.69, 9.17) is 5.73 Å². The summed E-state index contributed by atoms with van der Waals surface area (Å²) in [4.78, 5) is 0. The zero-order chi connectivity index (χ0) is 9.68. The van der Waals surface area contributed by atoms with E-state index in [2.05, 4.69) is 25.6 Å². The first-order valence-electron chi connectivity index (χ1n) is 5.63. The Morgan fingerprint density at radius 3 is 2.46 bits per heavy atom. The molecule has 78 valence electrons. The molecule has 0 aliphatic heterocycles. The Morgan fingerprint density at radius 2 is 2.00 bits per heavy atom. The lowest BCUT2D eigenvalue weighted by Crippen LogP contribution is -2.26. The van der Waals surface area contributed by atoms with Crippen molar-refractivity contribution in [2.75, 3.05) is 6.54 Å². The molecule has 2 heteroatoms. The summed E-state index contributed by atoms with van der Waals surface area (Å²) in [5.74, 6) is 0.920. The molecule has 2 atom stereocenters. The lowest BCUT2D eigenvalue weighted by atomic mass is 10.0. The van der Waals surface area contributed by atoms with Crippen molar-refractivity contribution < 1.29 is 0 Å². The van der Waals surface area contributed by atoms with Gasteiger partial charge in [0.15, 0.2) is 0 Å². The molecule has 2 unspecified atom stereocenters. The third-order valence-electron chi connectivity index (χ3n) is 3.14. The van der Waals surface area contributed by atoms with Crippen LogP contribution >= 0.6 is 11.8 Å². The van der Waals surface area contributed by atoms with Gasteiger partial charge in [-0.2, -0.15) is 11.8 Å². The monoisotopic (exact) mass is 201 g/mol. The van der Waals surface area contributed by atoms with Gasteiger partial charge in [0.25, 0.3) is 0 Å². The summed E-state index contributed by atoms with van der Waals surface area (Å²) < 4.78 is 0. The van der Waals surface area contributed by atoms with Crippen LogP contribution in [-0.4, -0.2) is 17.0 Å². The van der Waals surface area contributed by atoms with Crippen LogP contribution in [0.4, 0.5) is 0 Å². The second kappa shape index (κ2) is 5.92. The fraction of sp³-hybridized carbons (Fsp3) is 1.00. The van der Waals surface area contributed by atoms with Gasteiger partial charge in [0.2, 0.25) is 0 Å². The Kier molecular flexibility index (Phi) is 5.18. The Labute approximate surface area is 86.8 Å². The molecule has 1 fully saturated rings. The molecule has 0 aromatic heterocycles. The molecule has 1 nitrogen and oxygen atoms in total. The lowest BCUT2D eigenvalue weighted by molar-refractivity contribution is 0.524. The van der Waals surface area contributed by atoms with E-state index in [1.54, 1.807) is 0 Å². The highest BCUT2D eigenvalue weighted by Crippen LogP contribution is 2.35. The molecule has 0 heterocycles. The van der Waals surface area contributed by atoms with Crippen LogP contribution in [0.2, 0.25) is 0 Å². The molecular formula is C11H23NS. The number of rotatable bonds is 5. The summed E-state index contributed by atoms with van der Waals surface area (Å²) in [6, 6.07) is 0. The normalized spacial score (nSPS) is 23.3. The molecule has 0 amide bonds. The molecule has 0 aromatic carbocycles. The van der Waals surface area contributed by atoms with Crippen molar-refractivity contribution in [1.29, 1.82) is 0 Å². The van der Waals surface area contributed by atoms with Crippen LogP contribution in [0.1, 0.15) is 46.0 Å². The average Bonchev–Trinajstić information content (AvgIpc) is 2.66. The van der Waals surface area contributed by atoms with Gasteiger partial charge in [-0.1, -0.05) is 26.7 Å². The standard InChI is InChI=1S/C11H23NS/c1-3-9(2)13-11(8-12)10-6-4-5-7-10/h9-11H,3-8,12H2,1-2H3. The smallest absolute Gasteiger partial charge is 0.0201 e. The summed E-state index contributed by atoms with van der Waals surface area (Å²) in [5, 5.41) is 1.52. The van der Waals surface area contributed by atoms with E-state index >= 15 is 0 Å². The van der Waals surface area contributed by atoms with Crippen LogP contribution in [0, 0.1) is 5.92 Å². The van der Waals surface area contributed by atoms with Gasteiger partial charge in [0.05, 0.1) is 0 Å². The van der Waals surface area contributed by atoms with Crippen LogP contribution in [0.25, 0.3) is 0 Å². The van der Waals surface area contributed by atoms with Crippen LogP contribution in [0.3, 0.4) is 0 Å². The number of nitrogens with two attached hydrogens (primary N) is 1. The van der Waals surface area contributed by atoms with Crippen LogP contribution in [0.5, 0.6) is 0 Å². The first-order valence-corrected chi connectivity index (χ1v) is 6.57. The van der Waals surface area contributed by atoms with E-state index in [1.165, 1.54) is 32.1 Å². The Hall–Kier alpha value is 0.310. The first kappa shape index (κ1) is 11.4. The minimum atomic E-state index is 0.734. The zero-order valence-electron chi connectivity index (χ0n) is 8.96. The van der Waals surface area contributed by atoms with E-state index in [9.17, 15) is 0 Å². The largest absolute Gasteiger partial charge is 0.329 e. The maximum atomic E-state index is 5.83. The first-order chi connectivity index (χ1) is 6.27. The summed E-state index contributed by atoms with van der Waals surface area (Å²) in [5.41, 5.74) is 5.83. The van der Waals surface area contributed by atoms with Crippen molar-refractivity contribution in [1.82, 2.24) is 0 Å². The Morgan fingerprint density at radius 1 is 1.38 bits per heavy atom. The van der Waals surface area contributed by atoms with Gasteiger partial charge in [-0.25, -0.2) is 0 Å². The minimum absolute atomic E-state index is 0.734. The lowest BCUT2D eigenvalue weighted by Gasteiger charge is -2.24. The average molecular weight is 201 g/mol. The predicted molar refractivity (Wildman–Crippen MR) is 62.1 cm³/mol. The minimum Gasteiger partial charge on any atom is -0.329 e. The highest BCUT2D eigenvalue weighted by atomic mass is 32.2. The zero-order valence-corrected chi connectivity index (χ0v) is 9.78. The summed E-state index contributed by atoms with van der Waals surface area (Å²) in [7, 11) is 0. The van der Waals surface area contributed by atoms with E-state index in [0.717, 1.165) is 23.0 Å². The maximum absolute atomic E-state index is 5.83. The topological polar surface area (TPSA) is 26.0 Å². The molecule has 0 bridgehead atoms. The summed E-state index contributed by atoms with van der Waals surface area (Å²) in [6.45, 7) is 5.46. The molecule has 1 aliphatic carbocycles. The van der Waals surface area contributed by atoms with Crippen molar-refractivity contribution >= 4 is 11.8 Å². The fourth-order valence-corrected chi connectivity index (χ4v) is 3.48. The van der Waals surface area contributed by atoms with E-state index in [-0.39, 0.29) is 0 Å². The predicted octanol–water partition coefficient (Wildman–Crippen LogP) is 3.04. The molecule has 0 saturated heterocycles. The molecular weight excluding hydrogens is 178 g/mol. The molecule has 0 aromatic rings. The second-order valence-corrected chi connectivity index (χ2v) is 5.86. The van der Waals surface area contributed by atoms with Crippen LogP contribution < -0.4 is 5.73 Å². The highest BCUT2D eigenvalue weighted by molar-refractivity contribution is 8.00. The molecule has 1 saturated carbocycles. The summed E-state index contributed by atoms with van der Waals surface area (Å²) in [6.07, 6.45) is 6.98. The van der Waals surface area contributed by atoms with Crippen molar-refractivity contribution in [3.63, 3.8) is 0 Å². The fourth-order valence-electron chi connectivity index (χ4n) is 2.08. The summed E-state index contributed by atoms with van der Waals surface area (Å²) >= 11 is 2.12. The number of thioether (sulfide) groups is 1. The van der Waals surface area contributed by atoms with E-state index in [0.29, 0.717) is 0 Å². The van der Waals surface area contributed by atoms with E-state index in [1.807, 2.05) is 0 Å². The van der Waals surface area contributed by atoms with Gasteiger partial charge in [0.1, 0.15) is 0 Å². The molecule has 1 rings (SSSR count). The van der Waals surface area contributed by atoms with E-state index < -0.39 is 0 Å². The number of hydrogen-bond donors (Lipinski definition) is 1.